The van der Waals surface area contributed by atoms with Crippen LogP contribution >= 0.6 is 55.1 Å². The van der Waals surface area contributed by atoms with Crippen LogP contribution in [0.1, 0.15) is 37.5 Å². The Hall–Kier alpha value is -3.65. The Bertz CT molecular complexity index is 1770. The Kier molecular flexibility index (Phi) is 8.79. The zero-order chi connectivity index (χ0) is 33.0. The summed E-state index contributed by atoms with van der Waals surface area (Å²) in [5.41, 5.74) is -0.0468. The molecule has 3 aromatic rings. The first-order valence-electron chi connectivity index (χ1n) is 13.9. The first kappa shape index (κ1) is 32.3. The van der Waals surface area contributed by atoms with Crippen LogP contribution in [0.15, 0.2) is 66.7 Å². The summed E-state index contributed by atoms with van der Waals surface area (Å²) in [5, 5.41) is 12.7. The van der Waals surface area contributed by atoms with Crippen molar-refractivity contribution in [3.05, 3.63) is 104 Å². The molecule has 2 saturated carbocycles. The molecule has 6 rings (SSSR count). The number of nitrogens with zero attached hydrogens (tertiary/aromatic N) is 3. The van der Waals surface area contributed by atoms with Crippen molar-refractivity contribution < 1.29 is 33.6 Å². The predicted octanol–water partition coefficient (Wildman–Crippen LogP) is 6.14. The van der Waals surface area contributed by atoms with E-state index in [1.54, 1.807) is 0 Å². The molecule has 46 heavy (non-hydrogen) atoms. The fraction of sp³-hybridized carbons (Fsp3) is 0.258. The number of hydrogen-bond donors (Lipinski definition) is 0. The van der Waals surface area contributed by atoms with Crippen molar-refractivity contribution in [3.8, 4) is 5.75 Å². The van der Waals surface area contributed by atoms with E-state index >= 15 is 0 Å². The number of carbonyl (C=O) groups is 5. The molecule has 1 saturated heterocycles. The van der Waals surface area contributed by atoms with E-state index in [4.69, 9.17) is 27.9 Å². The summed E-state index contributed by atoms with van der Waals surface area (Å²) in [6.07, 6.45) is 0.684. The average molecular weight is 794 g/mol. The highest BCUT2D eigenvalue weighted by Gasteiger charge is 2.67. The summed E-state index contributed by atoms with van der Waals surface area (Å²) >= 11 is 19.6. The molecule has 2 bridgehead atoms. The van der Waals surface area contributed by atoms with Crippen molar-refractivity contribution in [2.24, 2.45) is 23.7 Å². The van der Waals surface area contributed by atoms with Gasteiger partial charge < -0.3 is 4.74 Å². The quantitative estimate of drug-likeness (QED) is 0.0504. The Morgan fingerprint density at radius 1 is 0.891 bits per heavy atom. The fourth-order valence-electron chi connectivity index (χ4n) is 6.43. The minimum Gasteiger partial charge on any atom is -0.423 e. The fourth-order valence-corrected chi connectivity index (χ4v) is 8.79. The van der Waals surface area contributed by atoms with E-state index in [9.17, 15) is 34.1 Å². The lowest BCUT2D eigenvalue weighted by molar-refractivity contribution is -0.384. The van der Waals surface area contributed by atoms with Gasteiger partial charge in [-0.05, 0) is 72.9 Å². The lowest BCUT2D eigenvalue weighted by Crippen LogP contribution is -2.52. The number of halogens is 4. The summed E-state index contributed by atoms with van der Waals surface area (Å²) in [4.78, 5) is 77.8. The van der Waals surface area contributed by atoms with E-state index in [0.717, 1.165) is 10.0 Å². The van der Waals surface area contributed by atoms with Gasteiger partial charge in [-0.3, -0.25) is 29.3 Å². The molecule has 3 amide bonds. The van der Waals surface area contributed by atoms with Gasteiger partial charge in [-0.15, -0.1) is 0 Å². The molecule has 0 aromatic heterocycles. The lowest BCUT2D eigenvalue weighted by atomic mass is 9.81. The van der Waals surface area contributed by atoms with E-state index in [0.29, 0.717) is 6.42 Å². The highest BCUT2D eigenvalue weighted by atomic mass is 79.9. The summed E-state index contributed by atoms with van der Waals surface area (Å²) in [6, 6.07) is 14.5. The molecule has 0 radical (unpaired) electrons. The summed E-state index contributed by atoms with van der Waals surface area (Å²) in [6.45, 7) is -0.665. The van der Waals surface area contributed by atoms with Crippen molar-refractivity contribution in [1.82, 2.24) is 10.0 Å². The first-order chi connectivity index (χ1) is 21.9. The van der Waals surface area contributed by atoms with Crippen molar-refractivity contribution in [2.45, 2.75) is 16.1 Å². The van der Waals surface area contributed by atoms with Crippen molar-refractivity contribution in [3.63, 3.8) is 0 Å². The van der Waals surface area contributed by atoms with Crippen molar-refractivity contribution >= 4 is 90.2 Å². The third-order valence-electron chi connectivity index (χ3n) is 8.60. The van der Waals surface area contributed by atoms with Crippen LogP contribution in [0.25, 0.3) is 0 Å². The summed E-state index contributed by atoms with van der Waals surface area (Å²) in [7, 11) is 0. The molecule has 11 nitrogen and oxygen atoms in total. The van der Waals surface area contributed by atoms with Gasteiger partial charge in [0.25, 0.3) is 23.4 Å². The maximum Gasteiger partial charge on any atom is 0.343 e. The zero-order valence-corrected chi connectivity index (χ0v) is 28.0. The molecule has 3 aromatic carbocycles. The molecule has 2 aliphatic carbocycles. The Morgan fingerprint density at radius 2 is 1.46 bits per heavy atom. The normalized spacial score (nSPS) is 24.6. The van der Waals surface area contributed by atoms with Crippen molar-refractivity contribution in [2.75, 3.05) is 6.54 Å². The summed E-state index contributed by atoms with van der Waals surface area (Å²) < 4.78 is 5.32. The van der Waals surface area contributed by atoms with Gasteiger partial charge in [0.05, 0.1) is 32.9 Å². The Labute approximate surface area is 288 Å². The number of non-ortho nitro benzene ring substituents is 1. The number of alkyl halides is 2. The first-order valence-corrected chi connectivity index (χ1v) is 16.5. The van der Waals surface area contributed by atoms with Gasteiger partial charge in [0.1, 0.15) is 12.3 Å². The molecule has 15 heteroatoms. The van der Waals surface area contributed by atoms with Gasteiger partial charge in [0.2, 0.25) is 0 Å². The highest BCUT2D eigenvalue weighted by molar-refractivity contribution is 9.12. The topological polar surface area (TPSA) is 144 Å². The highest BCUT2D eigenvalue weighted by Crippen LogP contribution is 2.60. The molecule has 1 aliphatic heterocycles. The molecule has 3 fully saturated rings. The number of carbonyl (C=O) groups excluding carboxylic acids is 5. The second-order valence-electron chi connectivity index (χ2n) is 11.1. The number of hydrogen-bond acceptors (Lipinski definition) is 8. The SMILES string of the molecule is O=C(CN(C(=O)c1ccc(Cl)cc1Cl)N1C(=O)[C@@H]2[C@H]3C[C@@H]([C@H](Br)[C@H]3Br)[C@@H]2C1=O)c1ccc(OC(=O)c2ccc([N+](=O)[O-])cc2)cc1. The number of Topliss-reactive ketones (excluding diaryl/α,β-unsaturated/α-hetero) is 1. The van der Waals surface area contributed by atoms with Gasteiger partial charge >= 0.3 is 5.97 Å². The minimum atomic E-state index is -0.830. The number of nitro benzene ring substituents is 1. The molecule has 0 N–H and O–H groups in total. The number of hydrazine groups is 1. The number of ketones is 1. The molecule has 236 valence electrons. The summed E-state index contributed by atoms with van der Waals surface area (Å²) in [5.74, 6) is -4.72. The van der Waals surface area contributed by atoms with Crippen LogP contribution in [0.2, 0.25) is 10.0 Å². The molecule has 6 atom stereocenters. The van der Waals surface area contributed by atoms with Crippen LogP contribution < -0.4 is 4.74 Å². The van der Waals surface area contributed by atoms with Crippen LogP contribution in [-0.4, -0.2) is 60.6 Å². The lowest BCUT2D eigenvalue weighted by Gasteiger charge is -2.31. The van der Waals surface area contributed by atoms with Crippen LogP contribution in [0.3, 0.4) is 0 Å². The van der Waals surface area contributed by atoms with E-state index in [-0.39, 0.29) is 59.7 Å². The molecule has 3 aliphatic rings. The third kappa shape index (κ3) is 5.63. The number of rotatable bonds is 8. The molecular formula is C31H21Br2Cl2N3O8. The minimum absolute atomic E-state index is 0.0189. The number of nitro groups is 1. The number of esters is 1. The van der Waals surface area contributed by atoms with E-state index in [1.165, 1.54) is 66.7 Å². The number of benzene rings is 3. The largest absolute Gasteiger partial charge is 0.423 e. The average Bonchev–Trinajstić information content (AvgIpc) is 3.64. The molecule has 0 unspecified atom stereocenters. The molecule has 1 heterocycles. The van der Waals surface area contributed by atoms with E-state index in [1.807, 2.05) is 0 Å². The Balaban J connectivity index is 1.24. The maximum absolute atomic E-state index is 13.9. The second-order valence-corrected chi connectivity index (χ2v) is 14.1. The number of imide groups is 1. The van der Waals surface area contributed by atoms with Gasteiger partial charge in [-0.1, -0.05) is 55.1 Å². The van der Waals surface area contributed by atoms with Gasteiger partial charge in [0, 0.05) is 32.4 Å². The maximum atomic E-state index is 13.9. The second kappa shape index (κ2) is 12.5. The van der Waals surface area contributed by atoms with E-state index < -0.39 is 52.8 Å². The molecule has 0 spiro atoms. The third-order valence-corrected chi connectivity index (χ3v) is 12.3. The van der Waals surface area contributed by atoms with Crippen molar-refractivity contribution in [1.29, 1.82) is 0 Å². The standard InChI is InChI=1S/C31H21Br2Cl2N3O8/c32-26-20-12-21(27(26)33)25-24(20)29(41)37(30(25)42)36(28(40)19-10-5-16(34)11-22(19)35)13-23(39)14-3-8-18(9-4-14)46-31(43)15-1-6-17(7-2-15)38(44)45/h1-11,20-21,24-27H,12-13H2/t20-,21-,24-,25+,26+,27+/m1/s1. The van der Waals surface area contributed by atoms with Crippen LogP contribution in [0.4, 0.5) is 5.69 Å². The van der Waals surface area contributed by atoms with Crippen LogP contribution in [0, 0.1) is 33.8 Å². The Morgan fingerprint density at radius 3 is 2.00 bits per heavy atom. The number of amides is 3. The predicted molar refractivity (Wildman–Crippen MR) is 172 cm³/mol. The van der Waals surface area contributed by atoms with Gasteiger partial charge in [-0.25, -0.2) is 9.80 Å². The van der Waals surface area contributed by atoms with Crippen LogP contribution in [-0.2, 0) is 9.59 Å². The van der Waals surface area contributed by atoms with Gasteiger partial charge in [0.15, 0.2) is 5.78 Å². The smallest absolute Gasteiger partial charge is 0.343 e. The number of fused-ring (bicyclic) bond motifs is 5. The van der Waals surface area contributed by atoms with Gasteiger partial charge in [-0.2, -0.15) is 5.01 Å². The zero-order valence-electron chi connectivity index (χ0n) is 23.3. The van der Waals surface area contributed by atoms with Crippen LogP contribution in [0.5, 0.6) is 5.75 Å². The number of ether oxygens (including phenoxy) is 1. The molecular weight excluding hydrogens is 773 g/mol. The monoisotopic (exact) mass is 791 g/mol. The van der Waals surface area contributed by atoms with E-state index in [2.05, 4.69) is 31.9 Å².